The third-order valence-corrected chi connectivity index (χ3v) is 5.89. The van der Waals surface area contributed by atoms with Gasteiger partial charge in [0.2, 0.25) is 0 Å². The summed E-state index contributed by atoms with van der Waals surface area (Å²) < 4.78 is 14.0. The first kappa shape index (κ1) is 13.6. The Morgan fingerprint density at radius 1 is 1.30 bits per heavy atom. The second kappa shape index (κ2) is 5.57. The van der Waals surface area contributed by atoms with Crippen LogP contribution in [0.25, 0.3) is 0 Å². The second-order valence-corrected chi connectivity index (χ2v) is 7.26. The molecular formula is C16H16FNOS. The van der Waals surface area contributed by atoms with Crippen molar-refractivity contribution in [1.82, 2.24) is 0 Å². The summed E-state index contributed by atoms with van der Waals surface area (Å²) >= 11 is 2.01. The molecule has 2 unspecified atom stereocenters. The van der Waals surface area contributed by atoms with Crippen molar-refractivity contribution in [3.05, 3.63) is 35.1 Å². The van der Waals surface area contributed by atoms with Gasteiger partial charge in [-0.25, -0.2) is 4.39 Å². The van der Waals surface area contributed by atoms with Crippen molar-refractivity contribution >= 4 is 17.5 Å². The molecule has 1 aromatic rings. The van der Waals surface area contributed by atoms with Gasteiger partial charge in [0.1, 0.15) is 5.82 Å². The topological polar surface area (TPSA) is 40.9 Å². The van der Waals surface area contributed by atoms with Gasteiger partial charge < -0.3 is 0 Å². The molecule has 2 fully saturated rings. The van der Waals surface area contributed by atoms with Gasteiger partial charge >= 0.3 is 0 Å². The van der Waals surface area contributed by atoms with Crippen molar-refractivity contribution in [3.8, 4) is 6.07 Å². The molecule has 2 saturated heterocycles. The molecule has 0 amide bonds. The molecule has 4 heteroatoms. The molecule has 2 heterocycles. The molecule has 1 aromatic carbocycles. The fourth-order valence-electron chi connectivity index (χ4n) is 3.28. The molecule has 2 atom stereocenters. The van der Waals surface area contributed by atoms with Crippen LogP contribution in [-0.4, -0.2) is 16.3 Å². The summed E-state index contributed by atoms with van der Waals surface area (Å²) in [6, 6.07) is 6.04. The van der Waals surface area contributed by atoms with Gasteiger partial charge in [0.25, 0.3) is 0 Å². The first-order chi connectivity index (χ1) is 9.67. The molecule has 20 heavy (non-hydrogen) atoms. The van der Waals surface area contributed by atoms with Crippen LogP contribution in [0.1, 0.15) is 48.0 Å². The van der Waals surface area contributed by atoms with E-state index < -0.39 is 5.82 Å². The van der Waals surface area contributed by atoms with Crippen LogP contribution in [0.15, 0.2) is 18.2 Å². The summed E-state index contributed by atoms with van der Waals surface area (Å²) in [5.74, 6) is -0.685. The molecule has 0 saturated carbocycles. The number of ketones is 1. The van der Waals surface area contributed by atoms with Crippen LogP contribution in [0.5, 0.6) is 0 Å². The van der Waals surface area contributed by atoms with Gasteiger partial charge in [0.05, 0.1) is 17.2 Å². The van der Waals surface area contributed by atoms with Crippen molar-refractivity contribution < 1.29 is 9.18 Å². The van der Waals surface area contributed by atoms with Gasteiger partial charge in [0.15, 0.2) is 5.78 Å². The largest absolute Gasteiger partial charge is 0.294 e. The number of hydrogen-bond acceptors (Lipinski definition) is 3. The normalized spacial score (nSPS) is 28.7. The van der Waals surface area contributed by atoms with Crippen LogP contribution >= 0.6 is 11.8 Å². The molecule has 0 radical (unpaired) electrons. The zero-order chi connectivity index (χ0) is 14.1. The minimum Gasteiger partial charge on any atom is -0.294 e. The number of carbonyl (C=O) groups excluding carboxylic acids is 1. The number of carbonyl (C=O) groups is 1. The lowest BCUT2D eigenvalue weighted by Crippen LogP contribution is -2.33. The Kier molecular flexibility index (Phi) is 3.80. The van der Waals surface area contributed by atoms with Gasteiger partial charge in [-0.15, -0.1) is 0 Å². The average Bonchev–Trinajstić information content (AvgIpc) is 2.46. The number of nitrogens with zero attached hydrogens (tertiary/aromatic N) is 1. The Balaban J connectivity index is 1.80. The van der Waals surface area contributed by atoms with Gasteiger partial charge in [0, 0.05) is 16.4 Å². The molecule has 0 aliphatic carbocycles. The van der Waals surface area contributed by atoms with Crippen LogP contribution in [-0.2, 0) is 0 Å². The van der Waals surface area contributed by atoms with Crippen molar-refractivity contribution in [2.45, 2.75) is 42.6 Å². The van der Waals surface area contributed by atoms with E-state index in [1.165, 1.54) is 31.4 Å². The number of hydrogen-bond donors (Lipinski definition) is 0. The summed E-state index contributed by atoms with van der Waals surface area (Å²) in [6.07, 6.45) is 5.37. The van der Waals surface area contributed by atoms with E-state index in [1.54, 1.807) is 0 Å². The Morgan fingerprint density at radius 3 is 2.60 bits per heavy atom. The monoisotopic (exact) mass is 289 g/mol. The highest BCUT2D eigenvalue weighted by Gasteiger charge is 2.36. The second-order valence-electron chi connectivity index (χ2n) is 5.65. The molecule has 3 rings (SSSR count). The zero-order valence-corrected chi connectivity index (χ0v) is 12.0. The van der Waals surface area contributed by atoms with Crippen molar-refractivity contribution in [1.29, 1.82) is 5.26 Å². The zero-order valence-electron chi connectivity index (χ0n) is 11.1. The summed E-state index contributed by atoms with van der Waals surface area (Å²) in [5, 5.41) is 9.88. The van der Waals surface area contributed by atoms with E-state index in [1.807, 2.05) is 17.8 Å². The van der Waals surface area contributed by atoms with E-state index >= 15 is 0 Å². The first-order valence-electron chi connectivity index (χ1n) is 7.06. The Labute approximate surface area is 122 Å². The first-order valence-corrected chi connectivity index (χ1v) is 8.01. The molecule has 0 aromatic heterocycles. The lowest BCUT2D eigenvalue weighted by Gasteiger charge is -2.37. The van der Waals surface area contributed by atoms with Crippen LogP contribution < -0.4 is 0 Å². The SMILES string of the molecule is N#Cc1ccc(C(=O)C2CC3CCCC(C2)S3)c(F)c1. The molecule has 2 aliphatic heterocycles. The highest BCUT2D eigenvalue weighted by atomic mass is 32.2. The van der Waals surface area contributed by atoms with E-state index in [9.17, 15) is 9.18 Å². The summed E-state index contributed by atoms with van der Waals surface area (Å²) in [6.45, 7) is 0. The third-order valence-electron chi connectivity index (χ3n) is 4.27. The maximum Gasteiger partial charge on any atom is 0.168 e. The summed E-state index contributed by atoms with van der Waals surface area (Å²) in [4.78, 5) is 12.5. The lowest BCUT2D eigenvalue weighted by molar-refractivity contribution is 0.0892. The summed E-state index contributed by atoms with van der Waals surface area (Å²) in [7, 11) is 0. The molecule has 2 bridgehead atoms. The van der Waals surface area contributed by atoms with Gasteiger partial charge in [-0.1, -0.05) is 6.42 Å². The number of Topliss-reactive ketones (excluding diaryl/α,β-unsaturated/α-hetero) is 1. The number of thioether (sulfide) groups is 1. The predicted octanol–water partition coefficient (Wildman–Crippen LogP) is 3.94. The minimum absolute atomic E-state index is 0.0472. The fourth-order valence-corrected chi connectivity index (χ4v) is 5.11. The van der Waals surface area contributed by atoms with Crippen molar-refractivity contribution in [2.24, 2.45) is 5.92 Å². The molecule has 2 aliphatic rings. The number of halogens is 1. The van der Waals surface area contributed by atoms with E-state index in [2.05, 4.69) is 0 Å². The molecular weight excluding hydrogens is 273 g/mol. The number of benzene rings is 1. The lowest BCUT2D eigenvalue weighted by atomic mass is 9.84. The van der Waals surface area contributed by atoms with E-state index in [0.717, 1.165) is 18.9 Å². The predicted molar refractivity (Wildman–Crippen MR) is 77.2 cm³/mol. The highest BCUT2D eigenvalue weighted by molar-refractivity contribution is 8.00. The maximum atomic E-state index is 14.0. The van der Waals surface area contributed by atoms with E-state index in [-0.39, 0.29) is 22.8 Å². The van der Waals surface area contributed by atoms with E-state index in [0.29, 0.717) is 10.5 Å². The van der Waals surface area contributed by atoms with Gasteiger partial charge in [-0.05, 0) is 43.9 Å². The molecule has 2 nitrogen and oxygen atoms in total. The highest BCUT2D eigenvalue weighted by Crippen LogP contribution is 2.44. The van der Waals surface area contributed by atoms with Crippen LogP contribution in [0, 0.1) is 23.1 Å². The molecule has 0 N–H and O–H groups in total. The van der Waals surface area contributed by atoms with Crippen LogP contribution in [0.2, 0.25) is 0 Å². The van der Waals surface area contributed by atoms with E-state index in [4.69, 9.17) is 5.26 Å². The minimum atomic E-state index is -0.558. The standard InChI is InChI=1S/C16H16FNOS/c17-15-6-10(9-18)4-5-14(15)16(19)11-7-12-2-1-3-13(8-11)20-12/h4-6,11-13H,1-3,7-8H2. The van der Waals surface area contributed by atoms with Crippen molar-refractivity contribution in [3.63, 3.8) is 0 Å². The quantitative estimate of drug-likeness (QED) is 0.774. The Morgan fingerprint density at radius 2 is 2.00 bits per heavy atom. The smallest absolute Gasteiger partial charge is 0.168 e. The van der Waals surface area contributed by atoms with Crippen molar-refractivity contribution in [2.75, 3.05) is 0 Å². The Hall–Kier alpha value is -1.34. The van der Waals surface area contributed by atoms with Crippen LogP contribution in [0.3, 0.4) is 0 Å². The Bertz CT molecular complexity index is 568. The number of rotatable bonds is 2. The number of fused-ring (bicyclic) bond motifs is 2. The molecule has 104 valence electrons. The average molecular weight is 289 g/mol. The maximum absolute atomic E-state index is 14.0. The molecule has 0 spiro atoms. The summed E-state index contributed by atoms with van der Waals surface area (Å²) in [5.41, 5.74) is 0.411. The number of nitriles is 1. The van der Waals surface area contributed by atoms with Gasteiger partial charge in [-0.3, -0.25) is 4.79 Å². The van der Waals surface area contributed by atoms with Gasteiger partial charge in [-0.2, -0.15) is 17.0 Å². The fraction of sp³-hybridized carbons (Fsp3) is 0.500. The van der Waals surface area contributed by atoms with Crippen LogP contribution in [0.4, 0.5) is 4.39 Å². The third kappa shape index (κ3) is 2.60.